The highest BCUT2D eigenvalue weighted by molar-refractivity contribution is 5.79. The third kappa shape index (κ3) is 4.11. The Morgan fingerprint density at radius 2 is 1.91 bits per heavy atom. The van der Waals surface area contributed by atoms with Gasteiger partial charge in [-0.25, -0.2) is 0 Å². The minimum absolute atomic E-state index is 0.0473. The van der Waals surface area contributed by atoms with Gasteiger partial charge in [0.2, 0.25) is 5.91 Å². The number of likely N-dealkylation sites (tertiary alicyclic amines) is 1. The minimum Gasteiger partial charge on any atom is -0.489 e. The molecule has 0 saturated carbocycles. The highest BCUT2D eigenvalue weighted by atomic mass is 16.5. The molecule has 0 spiro atoms. The number of benzene rings is 2. The van der Waals surface area contributed by atoms with E-state index in [1.807, 2.05) is 36.4 Å². The van der Waals surface area contributed by atoms with Crippen molar-refractivity contribution < 1.29 is 14.6 Å². The third-order valence-corrected chi connectivity index (χ3v) is 3.96. The van der Waals surface area contributed by atoms with Crippen molar-refractivity contribution in [3.8, 4) is 5.75 Å². The standard InChI is InChI=1S/C19H21NO3/c1-14-4-2-6-16(8-14)13-23-18-7-3-5-15(9-18)10-19(22)20-11-17(21)12-20/h2-9,17,21H,10-13H2,1H3. The van der Waals surface area contributed by atoms with E-state index < -0.39 is 0 Å². The number of aliphatic hydroxyl groups is 1. The van der Waals surface area contributed by atoms with E-state index in [9.17, 15) is 9.90 Å². The monoisotopic (exact) mass is 311 g/mol. The molecule has 0 aliphatic carbocycles. The van der Waals surface area contributed by atoms with Crippen molar-refractivity contribution in [1.29, 1.82) is 0 Å². The van der Waals surface area contributed by atoms with Crippen LogP contribution < -0.4 is 4.74 Å². The second kappa shape index (κ2) is 6.84. The van der Waals surface area contributed by atoms with Gasteiger partial charge < -0.3 is 14.7 Å². The summed E-state index contributed by atoms with van der Waals surface area (Å²) < 4.78 is 5.82. The molecule has 1 saturated heterocycles. The van der Waals surface area contributed by atoms with E-state index in [1.54, 1.807) is 4.90 Å². The molecule has 0 atom stereocenters. The van der Waals surface area contributed by atoms with Crippen LogP contribution in [0.3, 0.4) is 0 Å². The summed E-state index contributed by atoms with van der Waals surface area (Å²) in [7, 11) is 0. The topological polar surface area (TPSA) is 49.8 Å². The number of rotatable bonds is 5. The number of aryl methyl sites for hydroxylation is 1. The number of amides is 1. The predicted molar refractivity (Wildman–Crippen MR) is 88.2 cm³/mol. The zero-order chi connectivity index (χ0) is 16.2. The molecule has 1 heterocycles. The Morgan fingerprint density at radius 1 is 1.17 bits per heavy atom. The van der Waals surface area contributed by atoms with Gasteiger partial charge in [0, 0.05) is 13.1 Å². The highest BCUT2D eigenvalue weighted by Crippen LogP contribution is 2.18. The van der Waals surface area contributed by atoms with Crippen molar-refractivity contribution in [3.05, 3.63) is 65.2 Å². The van der Waals surface area contributed by atoms with Crippen LogP contribution in [0.2, 0.25) is 0 Å². The second-order valence-corrected chi connectivity index (χ2v) is 6.05. The summed E-state index contributed by atoms with van der Waals surface area (Å²) in [4.78, 5) is 13.7. The molecule has 1 amide bonds. The molecule has 1 aliphatic rings. The first-order chi connectivity index (χ1) is 11.1. The third-order valence-electron chi connectivity index (χ3n) is 3.96. The second-order valence-electron chi connectivity index (χ2n) is 6.05. The normalized spacial score (nSPS) is 14.4. The summed E-state index contributed by atoms with van der Waals surface area (Å²) in [5.41, 5.74) is 3.27. The molecule has 1 fully saturated rings. The van der Waals surface area contributed by atoms with E-state index in [-0.39, 0.29) is 12.0 Å². The van der Waals surface area contributed by atoms with Gasteiger partial charge in [0.05, 0.1) is 12.5 Å². The van der Waals surface area contributed by atoms with Gasteiger partial charge in [-0.05, 0) is 30.2 Å². The number of nitrogens with zero attached hydrogens (tertiary/aromatic N) is 1. The summed E-state index contributed by atoms with van der Waals surface area (Å²) >= 11 is 0. The van der Waals surface area contributed by atoms with E-state index in [1.165, 1.54) is 5.56 Å². The lowest BCUT2D eigenvalue weighted by Crippen LogP contribution is -2.53. The fourth-order valence-corrected chi connectivity index (χ4v) is 2.66. The number of carbonyl (C=O) groups excluding carboxylic acids is 1. The molecule has 120 valence electrons. The smallest absolute Gasteiger partial charge is 0.227 e. The summed E-state index contributed by atoms with van der Waals surface area (Å²) in [6.07, 6.45) is -0.0168. The molecule has 23 heavy (non-hydrogen) atoms. The molecule has 2 aromatic carbocycles. The molecule has 1 aliphatic heterocycles. The predicted octanol–water partition coefficient (Wildman–Crippen LogP) is 2.32. The Labute approximate surface area is 136 Å². The number of β-amino-alcohol motifs (C(OH)–C–C–N with tert-alkyl or cyclic N) is 1. The van der Waals surface area contributed by atoms with Gasteiger partial charge in [-0.2, -0.15) is 0 Å². The van der Waals surface area contributed by atoms with Crippen molar-refractivity contribution in [2.24, 2.45) is 0 Å². The maximum atomic E-state index is 12.0. The minimum atomic E-state index is -0.358. The molecule has 0 aromatic heterocycles. The van der Waals surface area contributed by atoms with Crippen LogP contribution in [-0.4, -0.2) is 35.1 Å². The first-order valence-corrected chi connectivity index (χ1v) is 7.83. The number of aliphatic hydroxyl groups excluding tert-OH is 1. The van der Waals surface area contributed by atoms with Gasteiger partial charge in [-0.15, -0.1) is 0 Å². The van der Waals surface area contributed by atoms with Gasteiger partial charge in [0.1, 0.15) is 12.4 Å². The van der Waals surface area contributed by atoms with E-state index in [4.69, 9.17) is 4.74 Å². The summed E-state index contributed by atoms with van der Waals surface area (Å²) in [6.45, 7) is 3.46. The fraction of sp³-hybridized carbons (Fsp3) is 0.316. The number of ether oxygens (including phenoxy) is 1. The van der Waals surface area contributed by atoms with Crippen LogP contribution in [-0.2, 0) is 17.8 Å². The van der Waals surface area contributed by atoms with E-state index in [0.717, 1.165) is 16.9 Å². The number of carbonyl (C=O) groups is 1. The van der Waals surface area contributed by atoms with E-state index >= 15 is 0 Å². The maximum Gasteiger partial charge on any atom is 0.227 e. The van der Waals surface area contributed by atoms with Crippen molar-refractivity contribution in [1.82, 2.24) is 4.90 Å². The number of hydrogen-bond donors (Lipinski definition) is 1. The molecule has 3 rings (SSSR count). The molecule has 0 bridgehead atoms. The molecule has 2 aromatic rings. The first kappa shape index (κ1) is 15.6. The molecule has 0 radical (unpaired) electrons. The van der Waals surface area contributed by atoms with Gasteiger partial charge >= 0.3 is 0 Å². The summed E-state index contributed by atoms with van der Waals surface area (Å²) in [6, 6.07) is 15.8. The van der Waals surface area contributed by atoms with Gasteiger partial charge in [-0.3, -0.25) is 4.79 Å². The average Bonchev–Trinajstić information content (AvgIpc) is 2.50. The Hall–Kier alpha value is -2.33. The molecule has 0 unspecified atom stereocenters. The molecular formula is C19H21NO3. The molecule has 1 N–H and O–H groups in total. The summed E-state index contributed by atoms with van der Waals surface area (Å²) in [5.74, 6) is 0.812. The lowest BCUT2D eigenvalue weighted by Gasteiger charge is -2.35. The zero-order valence-corrected chi connectivity index (χ0v) is 13.2. The maximum absolute atomic E-state index is 12.0. The SMILES string of the molecule is Cc1cccc(COc2cccc(CC(=O)N3CC(O)C3)c2)c1. The van der Waals surface area contributed by atoms with Crippen LogP contribution in [0.15, 0.2) is 48.5 Å². The van der Waals surface area contributed by atoms with Gasteiger partial charge in [0.15, 0.2) is 0 Å². The Bertz CT molecular complexity index is 693. The van der Waals surface area contributed by atoms with E-state index in [2.05, 4.69) is 19.1 Å². The number of hydrogen-bond acceptors (Lipinski definition) is 3. The van der Waals surface area contributed by atoms with Crippen molar-refractivity contribution >= 4 is 5.91 Å². The molecule has 4 heteroatoms. The first-order valence-electron chi connectivity index (χ1n) is 7.83. The summed E-state index contributed by atoms with van der Waals surface area (Å²) in [5, 5.41) is 9.26. The van der Waals surface area contributed by atoms with Crippen LogP contribution in [0.25, 0.3) is 0 Å². The molecule has 4 nitrogen and oxygen atoms in total. The van der Waals surface area contributed by atoms with Crippen LogP contribution in [0.5, 0.6) is 5.75 Å². The van der Waals surface area contributed by atoms with Gasteiger partial charge in [0.25, 0.3) is 0 Å². The lowest BCUT2D eigenvalue weighted by molar-refractivity contribution is -0.140. The van der Waals surface area contributed by atoms with E-state index in [0.29, 0.717) is 26.1 Å². The van der Waals surface area contributed by atoms with Crippen molar-refractivity contribution in [2.45, 2.75) is 26.1 Å². The zero-order valence-electron chi connectivity index (χ0n) is 13.2. The van der Waals surface area contributed by atoms with Crippen LogP contribution in [0.1, 0.15) is 16.7 Å². The Morgan fingerprint density at radius 3 is 2.65 bits per heavy atom. The highest BCUT2D eigenvalue weighted by Gasteiger charge is 2.28. The Kier molecular flexibility index (Phi) is 4.63. The fourth-order valence-electron chi connectivity index (χ4n) is 2.66. The average molecular weight is 311 g/mol. The van der Waals surface area contributed by atoms with Crippen LogP contribution in [0, 0.1) is 6.92 Å². The van der Waals surface area contributed by atoms with Crippen LogP contribution >= 0.6 is 0 Å². The van der Waals surface area contributed by atoms with Gasteiger partial charge in [-0.1, -0.05) is 42.0 Å². The largest absolute Gasteiger partial charge is 0.489 e. The van der Waals surface area contributed by atoms with Crippen molar-refractivity contribution in [3.63, 3.8) is 0 Å². The lowest BCUT2D eigenvalue weighted by atomic mass is 10.1. The van der Waals surface area contributed by atoms with Crippen molar-refractivity contribution in [2.75, 3.05) is 13.1 Å². The molecular weight excluding hydrogens is 290 g/mol. The quantitative estimate of drug-likeness (QED) is 0.922. The Balaban J connectivity index is 1.57. The van der Waals surface area contributed by atoms with Crippen LogP contribution in [0.4, 0.5) is 0 Å².